The lowest BCUT2D eigenvalue weighted by Crippen LogP contribution is -2.34. The summed E-state index contributed by atoms with van der Waals surface area (Å²) in [5.41, 5.74) is -1.13. The fraction of sp³-hybridized carbons (Fsp3) is 0.727. The van der Waals surface area contributed by atoms with Gasteiger partial charge in [0.25, 0.3) is 5.56 Å². The van der Waals surface area contributed by atoms with E-state index in [0.29, 0.717) is 12.8 Å². The first-order valence-corrected chi connectivity index (χ1v) is 6.10. The third-order valence-corrected chi connectivity index (χ3v) is 2.30. The van der Waals surface area contributed by atoms with Gasteiger partial charge in [-0.25, -0.2) is 4.79 Å². The number of nitrogens with one attached hydrogen (secondary N) is 1. The molecule has 0 aromatic carbocycles. The van der Waals surface area contributed by atoms with Crippen molar-refractivity contribution in [2.24, 2.45) is 0 Å². The second-order valence-electron chi connectivity index (χ2n) is 4.85. The van der Waals surface area contributed by atoms with E-state index < -0.39 is 23.3 Å². The van der Waals surface area contributed by atoms with Crippen molar-refractivity contribution in [1.82, 2.24) is 14.8 Å². The Balaban J connectivity index is 0.000000347. The molecule has 1 fully saturated rings. The second kappa shape index (κ2) is 6.75. The van der Waals surface area contributed by atoms with Gasteiger partial charge in [0.15, 0.2) is 12.0 Å². The van der Waals surface area contributed by atoms with E-state index in [0.717, 1.165) is 10.9 Å². The van der Waals surface area contributed by atoms with Crippen LogP contribution in [-0.4, -0.2) is 48.6 Å². The quantitative estimate of drug-likeness (QED) is 0.476. The monoisotopic (exact) mass is 289 g/mol. The highest BCUT2D eigenvalue weighted by molar-refractivity contribution is 4.75. The minimum absolute atomic E-state index is 0.0748. The Bertz CT molecular complexity index is 526. The molecule has 1 aromatic rings. The van der Waals surface area contributed by atoms with E-state index in [1.54, 1.807) is 0 Å². The van der Waals surface area contributed by atoms with Gasteiger partial charge in [0.1, 0.15) is 6.20 Å². The molecule has 20 heavy (non-hydrogen) atoms. The molecular formula is C11H19N3O6. The van der Waals surface area contributed by atoms with E-state index in [-0.39, 0.29) is 12.7 Å². The highest BCUT2D eigenvalue weighted by Crippen LogP contribution is 2.25. The van der Waals surface area contributed by atoms with Crippen molar-refractivity contribution in [2.75, 3.05) is 6.61 Å². The molecule has 2 rings (SSSR count). The minimum Gasteiger partial charge on any atom is -0.394 e. The number of aromatic amines is 1. The average molecular weight is 289 g/mol. The van der Waals surface area contributed by atoms with Crippen LogP contribution in [0.25, 0.3) is 0 Å². The van der Waals surface area contributed by atoms with Gasteiger partial charge in [-0.2, -0.15) is 9.78 Å². The van der Waals surface area contributed by atoms with Gasteiger partial charge in [-0.05, 0) is 26.7 Å². The van der Waals surface area contributed by atoms with Crippen LogP contribution in [0.5, 0.6) is 0 Å². The molecule has 0 aliphatic carbocycles. The van der Waals surface area contributed by atoms with Gasteiger partial charge in [0.2, 0.25) is 0 Å². The summed E-state index contributed by atoms with van der Waals surface area (Å²) in [5, 5.41) is 28.7. The zero-order valence-electron chi connectivity index (χ0n) is 11.3. The van der Waals surface area contributed by atoms with Gasteiger partial charge in [0.05, 0.1) is 12.7 Å². The molecule has 4 N–H and O–H groups in total. The highest BCUT2D eigenvalue weighted by Gasteiger charge is 2.27. The molecule has 1 aliphatic heterocycles. The SMILES string of the molecule is CC(C)(O)O.O=c1cnn(C2CCC(CO)O2)c(=O)[nH]1. The molecule has 9 heteroatoms. The van der Waals surface area contributed by atoms with Crippen LogP contribution in [0, 0.1) is 0 Å². The Labute approximate surface area is 114 Å². The maximum absolute atomic E-state index is 11.3. The van der Waals surface area contributed by atoms with Crippen LogP contribution in [-0.2, 0) is 4.74 Å². The predicted octanol–water partition coefficient (Wildman–Crippen LogP) is -1.69. The van der Waals surface area contributed by atoms with Crippen LogP contribution < -0.4 is 11.2 Å². The summed E-state index contributed by atoms with van der Waals surface area (Å²) < 4.78 is 6.43. The zero-order valence-corrected chi connectivity index (χ0v) is 11.3. The van der Waals surface area contributed by atoms with E-state index in [1.807, 2.05) is 0 Å². The van der Waals surface area contributed by atoms with E-state index in [9.17, 15) is 9.59 Å². The summed E-state index contributed by atoms with van der Waals surface area (Å²) in [6.45, 7) is 2.52. The lowest BCUT2D eigenvalue weighted by Gasteiger charge is -2.12. The lowest BCUT2D eigenvalue weighted by molar-refractivity contribution is -0.127. The number of hydrogen-bond donors (Lipinski definition) is 4. The smallest absolute Gasteiger partial charge is 0.347 e. The summed E-state index contributed by atoms with van der Waals surface area (Å²) in [7, 11) is 0. The summed E-state index contributed by atoms with van der Waals surface area (Å²) in [6, 6.07) is 0. The van der Waals surface area contributed by atoms with Crippen LogP contribution in [0.2, 0.25) is 0 Å². The molecule has 0 saturated carbocycles. The number of hydrogen-bond acceptors (Lipinski definition) is 7. The maximum Gasteiger partial charge on any atom is 0.347 e. The summed E-state index contributed by atoms with van der Waals surface area (Å²) >= 11 is 0. The topological polar surface area (TPSA) is 138 Å². The van der Waals surface area contributed by atoms with Gasteiger partial charge in [-0.3, -0.25) is 9.78 Å². The van der Waals surface area contributed by atoms with Crippen LogP contribution in [0.3, 0.4) is 0 Å². The molecule has 0 radical (unpaired) electrons. The van der Waals surface area contributed by atoms with Crippen molar-refractivity contribution in [3.05, 3.63) is 27.0 Å². The van der Waals surface area contributed by atoms with Crippen molar-refractivity contribution in [3.8, 4) is 0 Å². The molecule has 1 saturated heterocycles. The number of aliphatic hydroxyl groups is 3. The predicted molar refractivity (Wildman–Crippen MR) is 67.9 cm³/mol. The number of nitrogens with zero attached hydrogens (tertiary/aromatic N) is 2. The molecule has 114 valence electrons. The molecule has 2 heterocycles. The Morgan fingerprint density at radius 2 is 2.05 bits per heavy atom. The van der Waals surface area contributed by atoms with Crippen LogP contribution in [0.4, 0.5) is 0 Å². The largest absolute Gasteiger partial charge is 0.394 e. The van der Waals surface area contributed by atoms with Crippen molar-refractivity contribution in [2.45, 2.75) is 44.8 Å². The van der Waals surface area contributed by atoms with E-state index in [2.05, 4.69) is 10.1 Å². The van der Waals surface area contributed by atoms with Gasteiger partial charge in [-0.1, -0.05) is 0 Å². The normalized spacial score (nSPS) is 22.2. The Morgan fingerprint density at radius 3 is 2.50 bits per heavy atom. The number of H-pyrrole nitrogens is 1. The molecular weight excluding hydrogens is 270 g/mol. The van der Waals surface area contributed by atoms with Crippen molar-refractivity contribution in [1.29, 1.82) is 0 Å². The average Bonchev–Trinajstić information content (AvgIpc) is 2.75. The minimum atomic E-state index is -1.50. The van der Waals surface area contributed by atoms with Crippen LogP contribution >= 0.6 is 0 Å². The summed E-state index contributed by atoms with van der Waals surface area (Å²) in [5.74, 6) is -1.50. The van der Waals surface area contributed by atoms with Crippen molar-refractivity contribution < 1.29 is 20.1 Å². The Kier molecular flexibility index (Phi) is 5.57. The van der Waals surface area contributed by atoms with Gasteiger partial charge < -0.3 is 20.1 Å². The molecule has 0 spiro atoms. The third-order valence-electron chi connectivity index (χ3n) is 2.30. The van der Waals surface area contributed by atoms with Crippen molar-refractivity contribution in [3.63, 3.8) is 0 Å². The van der Waals surface area contributed by atoms with E-state index >= 15 is 0 Å². The Morgan fingerprint density at radius 1 is 1.45 bits per heavy atom. The number of aromatic nitrogens is 3. The first-order valence-electron chi connectivity index (χ1n) is 6.10. The van der Waals surface area contributed by atoms with Crippen LogP contribution in [0.1, 0.15) is 32.9 Å². The zero-order chi connectivity index (χ0) is 15.3. The van der Waals surface area contributed by atoms with Gasteiger partial charge in [0, 0.05) is 0 Å². The fourth-order valence-corrected chi connectivity index (χ4v) is 1.57. The summed E-state index contributed by atoms with van der Waals surface area (Å²) in [4.78, 5) is 24.2. The first-order chi connectivity index (χ1) is 9.20. The number of ether oxygens (including phenoxy) is 1. The molecule has 2 atom stereocenters. The maximum atomic E-state index is 11.3. The lowest BCUT2D eigenvalue weighted by atomic mass is 10.2. The van der Waals surface area contributed by atoms with Gasteiger partial charge >= 0.3 is 5.69 Å². The van der Waals surface area contributed by atoms with Crippen LogP contribution in [0.15, 0.2) is 15.8 Å². The standard InChI is InChI=1S/C8H11N3O4.C3H8O2/c12-4-5-1-2-7(15-5)11-8(14)10-6(13)3-9-11;1-3(2,4)5/h3,5,7,12H,1-2,4H2,(H,10,13,14);4-5H,1-2H3. The number of aliphatic hydroxyl groups excluding tert-OH is 1. The second-order valence-corrected chi connectivity index (χ2v) is 4.85. The fourth-order valence-electron chi connectivity index (χ4n) is 1.57. The summed E-state index contributed by atoms with van der Waals surface area (Å²) in [6.07, 6.45) is 1.55. The number of rotatable bonds is 2. The molecule has 1 aromatic heterocycles. The Hall–Kier alpha value is -1.55. The molecule has 2 unspecified atom stereocenters. The van der Waals surface area contributed by atoms with Gasteiger partial charge in [-0.15, -0.1) is 0 Å². The highest BCUT2D eigenvalue weighted by atomic mass is 16.5. The third kappa shape index (κ3) is 5.61. The molecule has 9 nitrogen and oxygen atoms in total. The first kappa shape index (κ1) is 16.5. The van der Waals surface area contributed by atoms with Crippen molar-refractivity contribution >= 4 is 0 Å². The molecule has 0 bridgehead atoms. The van der Waals surface area contributed by atoms with E-state index in [4.69, 9.17) is 20.1 Å². The van der Waals surface area contributed by atoms with E-state index in [1.165, 1.54) is 13.8 Å². The molecule has 0 amide bonds. The molecule has 1 aliphatic rings.